The second kappa shape index (κ2) is 5.22. The number of rotatable bonds is 2. The number of likely N-dealkylation sites (tertiary alicyclic amines) is 1. The third-order valence-corrected chi connectivity index (χ3v) is 3.76. The van der Waals surface area contributed by atoms with Crippen LogP contribution in [0.15, 0.2) is 36.5 Å². The van der Waals surface area contributed by atoms with Crippen LogP contribution in [0.2, 0.25) is 0 Å². The Hall–Kier alpha value is -1.92. The molecule has 2 heterocycles. The van der Waals surface area contributed by atoms with E-state index in [-0.39, 0.29) is 5.91 Å². The molecular weight excluding hydrogens is 274 g/mol. The summed E-state index contributed by atoms with van der Waals surface area (Å²) < 4.78 is 2.21. The lowest BCUT2D eigenvalue weighted by atomic mass is 10.3. The summed E-state index contributed by atoms with van der Waals surface area (Å²) in [5.74, 6) is -0.113. The van der Waals surface area contributed by atoms with E-state index in [1.165, 1.54) is 0 Å². The maximum Gasteiger partial charge on any atom is 0.272 e. The average Bonchev–Trinajstić information content (AvgIpc) is 3.05. The van der Waals surface area contributed by atoms with Crippen LogP contribution >= 0.6 is 12.2 Å². The van der Waals surface area contributed by atoms with E-state index in [1.54, 1.807) is 15.7 Å². The van der Waals surface area contributed by atoms with Gasteiger partial charge < -0.3 is 15.0 Å². The van der Waals surface area contributed by atoms with Crippen LogP contribution in [0.4, 0.5) is 0 Å². The van der Waals surface area contributed by atoms with E-state index in [2.05, 4.69) is 4.98 Å². The van der Waals surface area contributed by atoms with Gasteiger partial charge >= 0.3 is 0 Å². The SMILES string of the molecule is O=C(c1c[nH]c(=S)n1-c1ccccc1)N1CC[C@H](O)C1. The molecule has 1 atom stereocenters. The Labute approximate surface area is 121 Å². The first-order valence-corrected chi connectivity index (χ1v) is 6.91. The van der Waals surface area contributed by atoms with E-state index >= 15 is 0 Å². The first kappa shape index (κ1) is 13.1. The van der Waals surface area contributed by atoms with Gasteiger partial charge in [-0.1, -0.05) is 18.2 Å². The van der Waals surface area contributed by atoms with Crippen molar-refractivity contribution in [3.8, 4) is 5.69 Å². The van der Waals surface area contributed by atoms with Crippen molar-refractivity contribution >= 4 is 18.1 Å². The maximum atomic E-state index is 12.5. The molecule has 0 radical (unpaired) electrons. The van der Waals surface area contributed by atoms with Gasteiger partial charge in [-0.25, -0.2) is 0 Å². The Morgan fingerprint density at radius 2 is 2.10 bits per heavy atom. The molecule has 1 aliphatic heterocycles. The molecule has 3 rings (SSSR count). The van der Waals surface area contributed by atoms with Crippen molar-refractivity contribution in [2.45, 2.75) is 12.5 Å². The molecule has 0 saturated carbocycles. The van der Waals surface area contributed by atoms with E-state index in [4.69, 9.17) is 12.2 Å². The van der Waals surface area contributed by atoms with Gasteiger partial charge in [0.15, 0.2) is 4.77 Å². The Kier molecular flexibility index (Phi) is 3.42. The largest absolute Gasteiger partial charge is 0.391 e. The molecule has 0 spiro atoms. The number of H-pyrrole nitrogens is 1. The number of amides is 1. The lowest BCUT2D eigenvalue weighted by Crippen LogP contribution is -2.31. The minimum atomic E-state index is -0.425. The number of aliphatic hydroxyl groups is 1. The predicted octanol–water partition coefficient (Wildman–Crippen LogP) is 1.74. The highest BCUT2D eigenvalue weighted by Crippen LogP contribution is 2.17. The van der Waals surface area contributed by atoms with Crippen molar-refractivity contribution in [3.05, 3.63) is 47.0 Å². The first-order valence-electron chi connectivity index (χ1n) is 6.50. The van der Waals surface area contributed by atoms with Crippen molar-refractivity contribution in [2.75, 3.05) is 13.1 Å². The Balaban J connectivity index is 1.99. The lowest BCUT2D eigenvalue weighted by molar-refractivity contribution is 0.0757. The standard InChI is InChI=1S/C14H15N3O2S/c18-11-6-7-16(9-11)13(19)12-8-15-14(20)17(12)10-4-2-1-3-5-10/h1-5,8,11,18H,6-7,9H2,(H,15,20)/t11-/m0/s1. The molecule has 1 aromatic heterocycles. The van der Waals surface area contributed by atoms with Crippen molar-refractivity contribution in [2.24, 2.45) is 0 Å². The molecule has 0 aliphatic carbocycles. The summed E-state index contributed by atoms with van der Waals surface area (Å²) in [5, 5.41) is 9.56. The number of hydrogen-bond donors (Lipinski definition) is 2. The van der Waals surface area contributed by atoms with Crippen LogP contribution in [-0.4, -0.2) is 44.7 Å². The number of aliphatic hydroxyl groups excluding tert-OH is 1. The third-order valence-electron chi connectivity index (χ3n) is 3.46. The molecule has 0 bridgehead atoms. The summed E-state index contributed by atoms with van der Waals surface area (Å²) in [7, 11) is 0. The fourth-order valence-electron chi connectivity index (χ4n) is 2.45. The molecule has 2 N–H and O–H groups in total. The van der Waals surface area contributed by atoms with Crippen LogP contribution in [-0.2, 0) is 0 Å². The Morgan fingerprint density at radius 1 is 1.35 bits per heavy atom. The lowest BCUT2D eigenvalue weighted by Gasteiger charge is -2.16. The number of hydrogen-bond acceptors (Lipinski definition) is 3. The van der Waals surface area contributed by atoms with E-state index in [0.717, 1.165) is 5.69 Å². The monoisotopic (exact) mass is 289 g/mol. The highest BCUT2D eigenvalue weighted by atomic mass is 32.1. The molecule has 1 fully saturated rings. The van der Waals surface area contributed by atoms with Crippen LogP contribution in [0.25, 0.3) is 5.69 Å². The van der Waals surface area contributed by atoms with Crippen LogP contribution in [0.5, 0.6) is 0 Å². The van der Waals surface area contributed by atoms with Gasteiger partial charge in [0.1, 0.15) is 5.69 Å². The first-order chi connectivity index (χ1) is 9.66. The molecule has 2 aromatic rings. The number of β-amino-alcohol motifs (C(OH)–C–C–N with tert-alkyl or cyclic N) is 1. The molecule has 5 nitrogen and oxygen atoms in total. The molecule has 20 heavy (non-hydrogen) atoms. The normalized spacial score (nSPS) is 18.4. The van der Waals surface area contributed by atoms with Crippen LogP contribution in [0, 0.1) is 4.77 Å². The number of nitrogens with one attached hydrogen (secondary N) is 1. The fraction of sp³-hybridized carbons (Fsp3) is 0.286. The zero-order valence-corrected chi connectivity index (χ0v) is 11.6. The molecular formula is C14H15N3O2S. The average molecular weight is 289 g/mol. The third kappa shape index (κ3) is 2.28. The van der Waals surface area contributed by atoms with Crippen molar-refractivity contribution in [3.63, 3.8) is 0 Å². The van der Waals surface area contributed by atoms with Crippen LogP contribution < -0.4 is 0 Å². The number of aromatic nitrogens is 2. The second-order valence-corrected chi connectivity index (χ2v) is 5.23. The number of carbonyl (C=O) groups is 1. The smallest absolute Gasteiger partial charge is 0.272 e. The predicted molar refractivity (Wildman–Crippen MR) is 77.5 cm³/mol. The van der Waals surface area contributed by atoms with E-state index < -0.39 is 6.10 Å². The molecule has 1 amide bonds. The zero-order chi connectivity index (χ0) is 14.1. The van der Waals surface area contributed by atoms with E-state index in [9.17, 15) is 9.90 Å². The van der Waals surface area contributed by atoms with Crippen molar-refractivity contribution < 1.29 is 9.90 Å². The number of aromatic amines is 1. The van der Waals surface area contributed by atoms with Crippen molar-refractivity contribution in [1.82, 2.24) is 14.5 Å². The molecule has 1 aliphatic rings. The van der Waals surface area contributed by atoms with Gasteiger partial charge in [-0.2, -0.15) is 0 Å². The number of imidazole rings is 1. The minimum Gasteiger partial charge on any atom is -0.391 e. The Morgan fingerprint density at radius 3 is 2.75 bits per heavy atom. The van der Waals surface area contributed by atoms with Gasteiger partial charge in [0.25, 0.3) is 5.91 Å². The van der Waals surface area contributed by atoms with Gasteiger partial charge in [-0.15, -0.1) is 0 Å². The van der Waals surface area contributed by atoms with Gasteiger partial charge in [0.2, 0.25) is 0 Å². The number of benzene rings is 1. The fourth-order valence-corrected chi connectivity index (χ4v) is 2.71. The number of carbonyl (C=O) groups excluding carboxylic acids is 1. The number of para-hydroxylation sites is 1. The van der Waals surface area contributed by atoms with Gasteiger partial charge in [-0.05, 0) is 30.8 Å². The van der Waals surface area contributed by atoms with Gasteiger partial charge in [0.05, 0.1) is 6.10 Å². The second-order valence-electron chi connectivity index (χ2n) is 4.84. The van der Waals surface area contributed by atoms with Crippen molar-refractivity contribution in [1.29, 1.82) is 0 Å². The van der Waals surface area contributed by atoms with Crippen LogP contribution in [0.3, 0.4) is 0 Å². The summed E-state index contributed by atoms with van der Waals surface area (Å²) in [6.45, 7) is 0.957. The van der Waals surface area contributed by atoms with E-state index in [1.807, 2.05) is 30.3 Å². The maximum absolute atomic E-state index is 12.5. The molecule has 6 heteroatoms. The van der Waals surface area contributed by atoms with E-state index in [0.29, 0.717) is 30.0 Å². The number of nitrogens with zero attached hydrogens (tertiary/aromatic N) is 2. The molecule has 1 saturated heterocycles. The Bertz CT molecular complexity index is 677. The molecule has 1 aromatic carbocycles. The van der Waals surface area contributed by atoms with Gasteiger partial charge in [0, 0.05) is 25.0 Å². The summed E-state index contributed by atoms with van der Waals surface area (Å²) in [6.07, 6.45) is 1.83. The van der Waals surface area contributed by atoms with Crippen LogP contribution in [0.1, 0.15) is 16.9 Å². The molecule has 104 valence electrons. The quantitative estimate of drug-likeness (QED) is 0.828. The zero-order valence-electron chi connectivity index (χ0n) is 10.8. The summed E-state index contributed by atoms with van der Waals surface area (Å²) in [5.41, 5.74) is 1.34. The summed E-state index contributed by atoms with van der Waals surface area (Å²) in [4.78, 5) is 17.1. The highest BCUT2D eigenvalue weighted by molar-refractivity contribution is 7.71. The van der Waals surface area contributed by atoms with Gasteiger partial charge in [-0.3, -0.25) is 9.36 Å². The molecule has 0 unspecified atom stereocenters. The summed E-state index contributed by atoms with van der Waals surface area (Å²) in [6, 6.07) is 9.52. The summed E-state index contributed by atoms with van der Waals surface area (Å²) >= 11 is 5.26. The highest BCUT2D eigenvalue weighted by Gasteiger charge is 2.27. The topological polar surface area (TPSA) is 61.3 Å². The minimum absolute atomic E-state index is 0.113.